The monoisotopic (exact) mass is 373 g/mol. The Balaban J connectivity index is 1.67. The molecule has 0 saturated carbocycles. The SMILES string of the molecule is COc1ccc(-c2cc(C(C)(C)C3COc4ccccc4C3=O)ccn2)cc1. The van der Waals surface area contributed by atoms with Crippen molar-refractivity contribution in [3.63, 3.8) is 0 Å². The molecule has 0 saturated heterocycles. The molecule has 0 N–H and O–H groups in total. The van der Waals surface area contributed by atoms with Gasteiger partial charge in [-0.3, -0.25) is 9.78 Å². The second kappa shape index (κ2) is 7.12. The molecule has 0 radical (unpaired) electrons. The number of Topliss-reactive ketones (excluding diaryl/α,β-unsaturated/α-hetero) is 1. The Morgan fingerprint density at radius 1 is 1.07 bits per heavy atom. The maximum Gasteiger partial charge on any atom is 0.173 e. The Hall–Kier alpha value is -3.14. The van der Waals surface area contributed by atoms with E-state index in [0.717, 1.165) is 22.6 Å². The van der Waals surface area contributed by atoms with Crippen LogP contribution in [-0.2, 0) is 5.41 Å². The second-order valence-corrected chi connectivity index (χ2v) is 7.60. The van der Waals surface area contributed by atoms with Crippen molar-refractivity contribution >= 4 is 5.78 Å². The van der Waals surface area contributed by atoms with Crippen LogP contribution >= 0.6 is 0 Å². The number of carbonyl (C=O) groups excluding carboxylic acids is 1. The van der Waals surface area contributed by atoms with Crippen LogP contribution in [0.2, 0.25) is 0 Å². The van der Waals surface area contributed by atoms with Crippen LogP contribution in [0.1, 0.15) is 29.8 Å². The number of para-hydroxylation sites is 1. The Morgan fingerprint density at radius 3 is 2.57 bits per heavy atom. The number of carbonyl (C=O) groups is 1. The molecule has 0 aliphatic carbocycles. The fourth-order valence-electron chi connectivity index (χ4n) is 3.72. The minimum atomic E-state index is -0.394. The molecule has 4 rings (SSSR count). The quantitative estimate of drug-likeness (QED) is 0.651. The number of hydrogen-bond acceptors (Lipinski definition) is 4. The molecule has 3 aromatic rings. The van der Waals surface area contributed by atoms with Gasteiger partial charge in [0.2, 0.25) is 0 Å². The van der Waals surface area contributed by atoms with E-state index >= 15 is 0 Å². The van der Waals surface area contributed by atoms with Gasteiger partial charge >= 0.3 is 0 Å². The fraction of sp³-hybridized carbons (Fsp3) is 0.250. The molecular weight excluding hydrogens is 350 g/mol. The molecule has 1 unspecified atom stereocenters. The predicted octanol–water partition coefficient (Wildman–Crippen LogP) is 4.93. The predicted molar refractivity (Wildman–Crippen MR) is 109 cm³/mol. The summed E-state index contributed by atoms with van der Waals surface area (Å²) in [5.41, 5.74) is 3.22. The van der Waals surface area contributed by atoms with Gasteiger partial charge in [0.15, 0.2) is 5.78 Å². The summed E-state index contributed by atoms with van der Waals surface area (Å²) in [5, 5.41) is 0. The van der Waals surface area contributed by atoms with Crippen molar-refractivity contribution in [2.24, 2.45) is 5.92 Å². The third-order valence-corrected chi connectivity index (χ3v) is 5.64. The molecule has 0 spiro atoms. The van der Waals surface area contributed by atoms with E-state index in [1.54, 1.807) is 13.3 Å². The standard InChI is InChI=1S/C24H23NO3/c1-24(2,20-15-28-22-7-5-4-6-19(22)23(20)26)17-12-13-25-21(14-17)16-8-10-18(27-3)11-9-16/h4-14,20H,15H2,1-3H3. The van der Waals surface area contributed by atoms with Crippen LogP contribution in [-0.4, -0.2) is 24.5 Å². The lowest BCUT2D eigenvalue weighted by Gasteiger charge is -2.36. The second-order valence-electron chi connectivity index (χ2n) is 7.60. The molecule has 2 aromatic carbocycles. The van der Waals surface area contributed by atoms with Crippen molar-refractivity contribution in [1.29, 1.82) is 0 Å². The highest BCUT2D eigenvalue weighted by Crippen LogP contribution is 2.39. The van der Waals surface area contributed by atoms with E-state index in [-0.39, 0.29) is 11.7 Å². The van der Waals surface area contributed by atoms with Crippen LogP contribution in [0.5, 0.6) is 11.5 Å². The molecule has 4 heteroatoms. The van der Waals surface area contributed by atoms with Crippen molar-refractivity contribution < 1.29 is 14.3 Å². The molecule has 0 fully saturated rings. The van der Waals surface area contributed by atoms with Crippen molar-refractivity contribution in [2.75, 3.05) is 13.7 Å². The number of ketones is 1. The Labute approximate surface area is 165 Å². The van der Waals surface area contributed by atoms with E-state index in [4.69, 9.17) is 9.47 Å². The van der Waals surface area contributed by atoms with Crippen LogP contribution in [0, 0.1) is 5.92 Å². The molecule has 0 amide bonds. The van der Waals surface area contributed by atoms with Crippen molar-refractivity contribution in [3.8, 4) is 22.8 Å². The number of aromatic nitrogens is 1. The molecule has 4 nitrogen and oxygen atoms in total. The summed E-state index contributed by atoms with van der Waals surface area (Å²) >= 11 is 0. The Morgan fingerprint density at radius 2 is 1.82 bits per heavy atom. The number of benzene rings is 2. The van der Waals surface area contributed by atoms with Crippen LogP contribution < -0.4 is 9.47 Å². The number of methoxy groups -OCH3 is 1. The number of fused-ring (bicyclic) bond motifs is 1. The molecule has 28 heavy (non-hydrogen) atoms. The van der Waals surface area contributed by atoms with Gasteiger partial charge in [0.25, 0.3) is 0 Å². The van der Waals surface area contributed by atoms with Crippen LogP contribution in [0.25, 0.3) is 11.3 Å². The minimum absolute atomic E-state index is 0.134. The first-order valence-electron chi connectivity index (χ1n) is 9.37. The molecule has 0 bridgehead atoms. The van der Waals surface area contributed by atoms with E-state index in [2.05, 4.69) is 24.9 Å². The van der Waals surface area contributed by atoms with Gasteiger partial charge in [-0.1, -0.05) is 26.0 Å². The number of pyridine rings is 1. The van der Waals surface area contributed by atoms with Crippen molar-refractivity contribution in [3.05, 3.63) is 78.0 Å². The molecule has 1 atom stereocenters. The van der Waals surface area contributed by atoms with Gasteiger partial charge in [0.1, 0.15) is 11.5 Å². The van der Waals surface area contributed by atoms with Crippen molar-refractivity contribution in [2.45, 2.75) is 19.3 Å². The number of rotatable bonds is 4. The topological polar surface area (TPSA) is 48.4 Å². The molecule has 1 aliphatic heterocycles. The van der Waals surface area contributed by atoms with E-state index in [1.807, 2.05) is 54.6 Å². The average Bonchev–Trinajstić information content (AvgIpc) is 2.74. The average molecular weight is 373 g/mol. The lowest BCUT2D eigenvalue weighted by Crippen LogP contribution is -2.41. The third-order valence-electron chi connectivity index (χ3n) is 5.64. The van der Waals surface area contributed by atoms with E-state index in [0.29, 0.717) is 17.9 Å². The minimum Gasteiger partial charge on any atom is -0.497 e. The van der Waals surface area contributed by atoms with Gasteiger partial charge in [-0.25, -0.2) is 0 Å². The summed E-state index contributed by atoms with van der Waals surface area (Å²) in [7, 11) is 1.65. The van der Waals surface area contributed by atoms with Crippen LogP contribution in [0.4, 0.5) is 0 Å². The highest BCUT2D eigenvalue weighted by Gasteiger charge is 2.41. The van der Waals surface area contributed by atoms with E-state index in [1.165, 1.54) is 0 Å². The third kappa shape index (κ3) is 3.15. The Bertz CT molecular complexity index is 1010. The summed E-state index contributed by atoms with van der Waals surface area (Å²) in [6, 6.07) is 19.3. The summed E-state index contributed by atoms with van der Waals surface area (Å²) in [6.07, 6.45) is 1.80. The fourth-order valence-corrected chi connectivity index (χ4v) is 3.72. The maximum atomic E-state index is 13.2. The molecule has 2 heterocycles. The number of hydrogen-bond donors (Lipinski definition) is 0. The molecule has 1 aromatic heterocycles. The summed E-state index contributed by atoms with van der Waals surface area (Å²) < 4.78 is 11.1. The summed E-state index contributed by atoms with van der Waals surface area (Å²) in [6.45, 7) is 4.57. The molecule has 1 aliphatic rings. The van der Waals surface area contributed by atoms with Gasteiger partial charge in [0.05, 0.1) is 30.9 Å². The van der Waals surface area contributed by atoms with Gasteiger partial charge in [-0.15, -0.1) is 0 Å². The maximum absolute atomic E-state index is 13.2. The lowest BCUT2D eigenvalue weighted by atomic mass is 9.70. The Kier molecular flexibility index (Phi) is 4.63. The normalized spacial score (nSPS) is 16.2. The first kappa shape index (κ1) is 18.2. The van der Waals surface area contributed by atoms with Crippen LogP contribution in [0.3, 0.4) is 0 Å². The zero-order valence-electron chi connectivity index (χ0n) is 16.3. The highest BCUT2D eigenvalue weighted by atomic mass is 16.5. The van der Waals surface area contributed by atoms with E-state index in [9.17, 15) is 4.79 Å². The van der Waals surface area contributed by atoms with E-state index < -0.39 is 5.41 Å². The van der Waals surface area contributed by atoms with Gasteiger partial charge in [-0.05, 0) is 54.1 Å². The molecular formula is C24H23NO3. The van der Waals surface area contributed by atoms with Gasteiger partial charge in [0, 0.05) is 17.2 Å². The first-order valence-corrected chi connectivity index (χ1v) is 9.37. The number of ether oxygens (including phenoxy) is 2. The highest BCUT2D eigenvalue weighted by molar-refractivity contribution is 6.02. The smallest absolute Gasteiger partial charge is 0.173 e. The largest absolute Gasteiger partial charge is 0.497 e. The summed E-state index contributed by atoms with van der Waals surface area (Å²) in [5.74, 6) is 1.36. The van der Waals surface area contributed by atoms with Crippen molar-refractivity contribution in [1.82, 2.24) is 4.98 Å². The summed E-state index contributed by atoms with van der Waals surface area (Å²) in [4.78, 5) is 17.7. The molecule has 142 valence electrons. The lowest BCUT2D eigenvalue weighted by molar-refractivity contribution is 0.0737. The number of nitrogens with zero attached hydrogens (tertiary/aromatic N) is 1. The zero-order valence-corrected chi connectivity index (χ0v) is 16.3. The van der Waals surface area contributed by atoms with Gasteiger partial charge < -0.3 is 9.47 Å². The first-order chi connectivity index (χ1) is 13.5. The zero-order chi connectivity index (χ0) is 19.7. The van der Waals surface area contributed by atoms with Gasteiger partial charge in [-0.2, -0.15) is 0 Å². The van der Waals surface area contributed by atoms with Crippen LogP contribution in [0.15, 0.2) is 66.9 Å².